The van der Waals surface area contributed by atoms with Crippen molar-refractivity contribution in [2.45, 2.75) is 51.9 Å². The van der Waals surface area contributed by atoms with E-state index in [0.29, 0.717) is 25.2 Å². The number of pyridine rings is 1. The quantitative estimate of drug-likeness (QED) is 0.788. The number of likely N-dealkylation sites (tertiary alicyclic amines) is 1. The van der Waals surface area contributed by atoms with Crippen molar-refractivity contribution in [1.29, 1.82) is 0 Å². The van der Waals surface area contributed by atoms with Crippen LogP contribution in [0.4, 0.5) is 4.79 Å². The first-order valence-electron chi connectivity index (χ1n) is 8.20. The van der Waals surface area contributed by atoms with Crippen LogP contribution in [0.1, 0.15) is 44.4 Å². The third kappa shape index (κ3) is 3.24. The van der Waals surface area contributed by atoms with Crippen molar-refractivity contribution in [3.8, 4) is 0 Å². The Balaban J connectivity index is 1.92. The van der Waals surface area contributed by atoms with Crippen LogP contribution in [0, 0.1) is 5.92 Å². The number of hydrogen-bond donors (Lipinski definition) is 1. The minimum absolute atomic E-state index is 0.0681. The highest BCUT2D eigenvalue weighted by atomic mass is 79.9. The van der Waals surface area contributed by atoms with E-state index in [-0.39, 0.29) is 30.1 Å². The number of ether oxygens (including phenoxy) is 1. The summed E-state index contributed by atoms with van der Waals surface area (Å²) in [5.74, 6) is 0.312. The molecule has 0 aliphatic carbocycles. The van der Waals surface area contributed by atoms with Crippen LogP contribution in [0.15, 0.2) is 15.3 Å². The van der Waals surface area contributed by atoms with Gasteiger partial charge in [-0.25, -0.2) is 4.79 Å². The SMILES string of the molecule is CC(C)(C)OC(=O)N1CC2CC(C1)c1c(Br)c(CO)cc(=O)n1C2. The number of nitrogens with zero attached hydrogens (tertiary/aromatic N) is 2. The topological polar surface area (TPSA) is 71.8 Å². The summed E-state index contributed by atoms with van der Waals surface area (Å²) in [6.07, 6.45) is 0.633. The third-order valence-corrected chi connectivity index (χ3v) is 5.46. The monoisotopic (exact) mass is 398 g/mol. The summed E-state index contributed by atoms with van der Waals surface area (Å²) in [4.78, 5) is 26.5. The molecule has 2 unspecified atom stereocenters. The van der Waals surface area contributed by atoms with Gasteiger partial charge in [-0.05, 0) is 54.6 Å². The van der Waals surface area contributed by atoms with Crippen LogP contribution in [-0.2, 0) is 17.9 Å². The molecule has 3 heterocycles. The summed E-state index contributed by atoms with van der Waals surface area (Å²) >= 11 is 3.54. The maximum atomic E-state index is 12.4. The second-order valence-electron chi connectivity index (χ2n) is 7.66. The van der Waals surface area contributed by atoms with Crippen molar-refractivity contribution in [1.82, 2.24) is 9.47 Å². The molecule has 2 bridgehead atoms. The average molecular weight is 399 g/mol. The van der Waals surface area contributed by atoms with Gasteiger partial charge in [-0.1, -0.05) is 0 Å². The first kappa shape index (κ1) is 17.5. The van der Waals surface area contributed by atoms with Gasteiger partial charge < -0.3 is 19.3 Å². The lowest BCUT2D eigenvalue weighted by Gasteiger charge is -2.43. The lowest BCUT2D eigenvalue weighted by atomic mass is 9.83. The number of aliphatic hydroxyl groups excluding tert-OH is 1. The van der Waals surface area contributed by atoms with Gasteiger partial charge in [0.25, 0.3) is 5.56 Å². The van der Waals surface area contributed by atoms with E-state index in [1.54, 1.807) is 9.47 Å². The van der Waals surface area contributed by atoms with Gasteiger partial charge in [-0.3, -0.25) is 4.79 Å². The summed E-state index contributed by atoms with van der Waals surface area (Å²) in [6.45, 7) is 7.11. The molecule has 2 aliphatic rings. The first-order valence-corrected chi connectivity index (χ1v) is 9.00. The molecule has 0 radical (unpaired) electrons. The average Bonchev–Trinajstić information content (AvgIpc) is 2.48. The van der Waals surface area contributed by atoms with E-state index in [1.165, 1.54) is 6.07 Å². The Bertz CT molecular complexity index is 723. The molecule has 1 fully saturated rings. The molecule has 7 heteroatoms. The Labute approximate surface area is 149 Å². The number of carbonyl (C=O) groups is 1. The fraction of sp³-hybridized carbons (Fsp3) is 0.647. The van der Waals surface area contributed by atoms with Gasteiger partial charge in [0.15, 0.2) is 0 Å². The Morgan fingerprint density at radius 2 is 2.08 bits per heavy atom. The summed E-state index contributed by atoms with van der Waals surface area (Å²) in [7, 11) is 0. The van der Waals surface area contributed by atoms with E-state index in [1.807, 2.05) is 20.8 Å². The van der Waals surface area contributed by atoms with Crippen LogP contribution in [0.2, 0.25) is 0 Å². The van der Waals surface area contributed by atoms with E-state index in [2.05, 4.69) is 15.9 Å². The van der Waals surface area contributed by atoms with Crippen molar-refractivity contribution in [3.05, 3.63) is 32.2 Å². The molecular formula is C17H23BrN2O4. The number of aromatic nitrogens is 1. The summed E-state index contributed by atoms with van der Waals surface area (Å²) in [6, 6.07) is 1.49. The number of carbonyl (C=O) groups excluding carboxylic acids is 1. The number of halogens is 1. The smallest absolute Gasteiger partial charge is 0.410 e. The number of fused-ring (bicyclic) bond motifs is 4. The fourth-order valence-electron chi connectivity index (χ4n) is 3.66. The van der Waals surface area contributed by atoms with Gasteiger partial charge in [0, 0.05) is 41.8 Å². The second-order valence-corrected chi connectivity index (χ2v) is 8.45. The number of hydrogen-bond acceptors (Lipinski definition) is 4. The highest BCUT2D eigenvalue weighted by Crippen LogP contribution is 2.39. The molecule has 1 amide bonds. The number of rotatable bonds is 1. The standard InChI is InChI=1S/C17H23BrN2O4/c1-17(2,3)24-16(23)19-6-10-4-11(8-19)15-14(18)12(9-21)5-13(22)20(15)7-10/h5,10-11,21H,4,6-9H2,1-3H3. The predicted molar refractivity (Wildman–Crippen MR) is 93.0 cm³/mol. The van der Waals surface area contributed by atoms with E-state index < -0.39 is 5.60 Å². The van der Waals surface area contributed by atoms with Gasteiger partial charge in [0.1, 0.15) is 5.60 Å². The Morgan fingerprint density at radius 3 is 2.71 bits per heavy atom. The molecular weight excluding hydrogens is 376 g/mol. The molecule has 1 aromatic rings. The highest BCUT2D eigenvalue weighted by molar-refractivity contribution is 9.10. The third-order valence-electron chi connectivity index (χ3n) is 4.55. The summed E-state index contributed by atoms with van der Waals surface area (Å²) in [5.41, 5.74) is 0.871. The van der Waals surface area contributed by atoms with Crippen molar-refractivity contribution < 1.29 is 14.6 Å². The minimum atomic E-state index is -0.525. The van der Waals surface area contributed by atoms with Gasteiger partial charge in [-0.15, -0.1) is 0 Å². The summed E-state index contributed by atoms with van der Waals surface area (Å²) < 4.78 is 8.06. The van der Waals surface area contributed by atoms with E-state index in [0.717, 1.165) is 16.6 Å². The van der Waals surface area contributed by atoms with Crippen molar-refractivity contribution in [2.75, 3.05) is 13.1 Å². The largest absolute Gasteiger partial charge is 0.444 e. The van der Waals surface area contributed by atoms with E-state index in [9.17, 15) is 14.7 Å². The molecule has 1 aromatic heterocycles. The molecule has 2 aliphatic heterocycles. The predicted octanol–water partition coefficient (Wildman–Crippen LogP) is 2.46. The molecule has 1 saturated heterocycles. The molecule has 132 valence electrons. The van der Waals surface area contributed by atoms with Gasteiger partial charge in [0.2, 0.25) is 0 Å². The lowest BCUT2D eigenvalue weighted by Crippen LogP contribution is -2.50. The van der Waals surface area contributed by atoms with Crippen LogP contribution >= 0.6 is 15.9 Å². The normalized spacial score (nSPS) is 23.0. The first-order chi connectivity index (χ1) is 11.2. The molecule has 0 saturated carbocycles. The van der Waals surface area contributed by atoms with Crippen LogP contribution in [0.3, 0.4) is 0 Å². The van der Waals surface area contributed by atoms with Crippen LogP contribution in [0.5, 0.6) is 0 Å². The zero-order valence-corrected chi connectivity index (χ0v) is 15.8. The van der Waals surface area contributed by atoms with Gasteiger partial charge in [0.05, 0.1) is 6.61 Å². The maximum absolute atomic E-state index is 12.4. The molecule has 2 atom stereocenters. The summed E-state index contributed by atoms with van der Waals surface area (Å²) in [5, 5.41) is 9.47. The molecule has 3 rings (SSSR count). The fourth-order valence-corrected chi connectivity index (χ4v) is 4.44. The number of aliphatic hydroxyl groups is 1. The van der Waals surface area contributed by atoms with E-state index >= 15 is 0 Å². The van der Waals surface area contributed by atoms with Crippen LogP contribution in [-0.4, -0.2) is 39.4 Å². The van der Waals surface area contributed by atoms with Crippen molar-refractivity contribution >= 4 is 22.0 Å². The van der Waals surface area contributed by atoms with Crippen molar-refractivity contribution in [2.24, 2.45) is 5.92 Å². The molecule has 24 heavy (non-hydrogen) atoms. The van der Waals surface area contributed by atoms with Crippen LogP contribution < -0.4 is 5.56 Å². The van der Waals surface area contributed by atoms with Crippen molar-refractivity contribution in [3.63, 3.8) is 0 Å². The second kappa shape index (κ2) is 6.19. The Morgan fingerprint density at radius 1 is 1.38 bits per heavy atom. The lowest BCUT2D eigenvalue weighted by molar-refractivity contribution is 0.0101. The number of amides is 1. The van der Waals surface area contributed by atoms with Crippen LogP contribution in [0.25, 0.3) is 0 Å². The highest BCUT2D eigenvalue weighted by Gasteiger charge is 2.39. The Kier molecular flexibility index (Phi) is 4.51. The van der Waals surface area contributed by atoms with Gasteiger partial charge in [-0.2, -0.15) is 0 Å². The molecule has 0 aromatic carbocycles. The maximum Gasteiger partial charge on any atom is 0.410 e. The van der Waals surface area contributed by atoms with Gasteiger partial charge >= 0.3 is 6.09 Å². The molecule has 0 spiro atoms. The number of piperidine rings is 1. The zero-order valence-electron chi connectivity index (χ0n) is 14.2. The van der Waals surface area contributed by atoms with E-state index in [4.69, 9.17) is 4.74 Å². The molecule has 1 N–H and O–H groups in total. The Hall–Kier alpha value is -1.34. The molecule has 6 nitrogen and oxygen atoms in total. The minimum Gasteiger partial charge on any atom is -0.444 e. The zero-order chi connectivity index (χ0) is 17.6.